The van der Waals surface area contributed by atoms with Gasteiger partial charge >= 0.3 is 6.09 Å². The van der Waals surface area contributed by atoms with Gasteiger partial charge in [-0.25, -0.2) is 4.79 Å². The summed E-state index contributed by atoms with van der Waals surface area (Å²) in [6.07, 6.45) is 3.11. The normalized spacial score (nSPS) is 11.6. The van der Waals surface area contributed by atoms with E-state index < -0.39 is 11.7 Å². The average molecular weight is 487 g/mol. The van der Waals surface area contributed by atoms with Crippen molar-refractivity contribution < 1.29 is 14.3 Å². The molecular weight excluding hydrogens is 452 g/mol. The zero-order valence-electron chi connectivity index (χ0n) is 21.6. The molecule has 6 nitrogen and oxygen atoms in total. The second kappa shape index (κ2) is 11.6. The highest BCUT2D eigenvalue weighted by Crippen LogP contribution is 2.25. The largest absolute Gasteiger partial charge is 0.488 e. The van der Waals surface area contributed by atoms with Crippen LogP contribution in [0.25, 0.3) is 11.4 Å². The van der Waals surface area contributed by atoms with Gasteiger partial charge in [-0.15, -0.1) is 0 Å². The summed E-state index contributed by atoms with van der Waals surface area (Å²) in [6, 6.07) is 19.0. The number of aromatic nitrogens is 1. The second-order valence-corrected chi connectivity index (χ2v) is 9.71. The Hall–Kier alpha value is -4.06. The predicted octanol–water partition coefficient (Wildman–Crippen LogP) is 6.09. The first-order chi connectivity index (χ1) is 17.0. The summed E-state index contributed by atoms with van der Waals surface area (Å²) in [6.45, 7) is 14.0. The molecule has 188 valence electrons. The molecule has 0 spiro atoms. The van der Waals surface area contributed by atoms with E-state index in [0.29, 0.717) is 17.9 Å². The van der Waals surface area contributed by atoms with Crippen LogP contribution in [-0.2, 0) is 16.1 Å². The molecule has 0 fully saturated rings. The molecule has 3 rings (SSSR count). The summed E-state index contributed by atoms with van der Waals surface area (Å²) in [5.74, 6) is 0.592. The monoisotopic (exact) mass is 486 g/mol. The molecule has 0 bridgehead atoms. The van der Waals surface area contributed by atoms with Gasteiger partial charge in [0.05, 0.1) is 0 Å². The molecule has 0 radical (unpaired) electrons. The quantitative estimate of drug-likeness (QED) is 0.309. The summed E-state index contributed by atoms with van der Waals surface area (Å²) in [5.41, 5.74) is 4.48. The van der Waals surface area contributed by atoms with E-state index in [9.17, 15) is 9.59 Å². The Morgan fingerprint density at radius 2 is 1.78 bits per heavy atom. The molecule has 1 amide bonds. The van der Waals surface area contributed by atoms with E-state index in [0.717, 1.165) is 27.9 Å². The number of aryl methyl sites for hydroxylation is 2. The Balaban J connectivity index is 1.92. The first kappa shape index (κ1) is 26.5. The highest BCUT2D eigenvalue weighted by atomic mass is 16.6. The molecule has 0 saturated heterocycles. The number of benzene rings is 2. The number of rotatable bonds is 8. The molecule has 3 aromatic rings. The standard InChI is InChI=1S/C30H34N2O4/c1-21-12-15-28(33)32(19-21)25-14-13-23(3)26(17-25)27(35-20-24-10-8-7-9-11-24)16-22(2)18-31-29(34)36-30(4,5)6/h7-17,19H,2,18,20H2,1,3-6H3,(H,31,34)/b27-16+. The van der Waals surface area contributed by atoms with Crippen molar-refractivity contribution in [2.45, 2.75) is 46.8 Å². The van der Waals surface area contributed by atoms with Crippen LogP contribution in [0.15, 0.2) is 89.9 Å². The number of nitrogens with zero attached hydrogens (tertiary/aromatic N) is 1. The predicted molar refractivity (Wildman–Crippen MR) is 144 cm³/mol. The maximum atomic E-state index is 12.5. The molecule has 0 saturated carbocycles. The third kappa shape index (κ3) is 7.73. The van der Waals surface area contributed by atoms with Crippen molar-refractivity contribution in [2.75, 3.05) is 6.54 Å². The van der Waals surface area contributed by atoms with Gasteiger partial charge in [0.25, 0.3) is 5.56 Å². The Kier molecular flexibility index (Phi) is 8.54. The van der Waals surface area contributed by atoms with Crippen LogP contribution in [0, 0.1) is 13.8 Å². The third-order valence-corrected chi connectivity index (χ3v) is 5.25. The van der Waals surface area contributed by atoms with Gasteiger partial charge in [-0.2, -0.15) is 0 Å². The molecular formula is C30H34N2O4. The van der Waals surface area contributed by atoms with Crippen LogP contribution in [-0.4, -0.2) is 22.8 Å². The Bertz CT molecular complexity index is 1310. The maximum Gasteiger partial charge on any atom is 0.407 e. The lowest BCUT2D eigenvalue weighted by Gasteiger charge is -2.20. The summed E-state index contributed by atoms with van der Waals surface area (Å²) in [5, 5.41) is 2.73. The third-order valence-electron chi connectivity index (χ3n) is 5.25. The topological polar surface area (TPSA) is 69.6 Å². The van der Waals surface area contributed by atoms with Gasteiger partial charge in [0.1, 0.15) is 18.0 Å². The van der Waals surface area contributed by atoms with Crippen molar-refractivity contribution >= 4 is 11.9 Å². The maximum absolute atomic E-state index is 12.5. The van der Waals surface area contributed by atoms with Gasteiger partial charge < -0.3 is 14.8 Å². The van der Waals surface area contributed by atoms with Gasteiger partial charge in [0.2, 0.25) is 0 Å². The molecule has 2 aromatic carbocycles. The molecule has 1 heterocycles. The summed E-state index contributed by atoms with van der Waals surface area (Å²) >= 11 is 0. The van der Waals surface area contributed by atoms with E-state index >= 15 is 0 Å². The Morgan fingerprint density at radius 3 is 2.47 bits per heavy atom. The van der Waals surface area contributed by atoms with Gasteiger partial charge in [-0.3, -0.25) is 9.36 Å². The van der Waals surface area contributed by atoms with Crippen LogP contribution in [0.2, 0.25) is 0 Å². The van der Waals surface area contributed by atoms with Gasteiger partial charge in [0.15, 0.2) is 0 Å². The SMILES string of the molecule is C=C(/C=C(/OCc1ccccc1)c1cc(-n2cc(C)ccc2=O)ccc1C)CNC(=O)OC(C)(C)C. The number of ether oxygens (including phenoxy) is 2. The highest BCUT2D eigenvalue weighted by molar-refractivity contribution is 5.70. The molecule has 1 N–H and O–H groups in total. The van der Waals surface area contributed by atoms with Crippen LogP contribution >= 0.6 is 0 Å². The average Bonchev–Trinajstić information content (AvgIpc) is 2.82. The van der Waals surface area contributed by atoms with Crippen LogP contribution in [0.5, 0.6) is 0 Å². The lowest BCUT2D eigenvalue weighted by Crippen LogP contribution is -2.33. The van der Waals surface area contributed by atoms with Crippen LogP contribution in [0.3, 0.4) is 0 Å². The summed E-state index contributed by atoms with van der Waals surface area (Å²) < 4.78 is 13.2. The van der Waals surface area contributed by atoms with Crippen molar-refractivity contribution in [1.29, 1.82) is 0 Å². The molecule has 36 heavy (non-hydrogen) atoms. The zero-order valence-corrected chi connectivity index (χ0v) is 21.6. The lowest BCUT2D eigenvalue weighted by molar-refractivity contribution is 0.0533. The Morgan fingerprint density at radius 1 is 1.06 bits per heavy atom. The molecule has 0 atom stereocenters. The molecule has 0 aliphatic carbocycles. The fourth-order valence-corrected chi connectivity index (χ4v) is 3.49. The van der Waals surface area contributed by atoms with Crippen LogP contribution in [0.4, 0.5) is 4.79 Å². The lowest BCUT2D eigenvalue weighted by atomic mass is 10.0. The summed E-state index contributed by atoms with van der Waals surface area (Å²) in [4.78, 5) is 24.6. The number of hydrogen-bond acceptors (Lipinski definition) is 4. The fraction of sp³-hybridized carbons (Fsp3) is 0.267. The number of hydrogen-bond donors (Lipinski definition) is 1. The number of carbonyl (C=O) groups excluding carboxylic acids is 1. The Labute approximate surface area is 212 Å². The number of carbonyl (C=O) groups is 1. The van der Waals surface area contributed by atoms with Crippen molar-refractivity contribution in [2.24, 2.45) is 0 Å². The van der Waals surface area contributed by atoms with E-state index in [1.54, 1.807) is 16.7 Å². The molecule has 6 heteroatoms. The number of amides is 1. The molecule has 0 aliphatic heterocycles. The van der Waals surface area contributed by atoms with E-state index in [-0.39, 0.29) is 12.1 Å². The van der Waals surface area contributed by atoms with Gasteiger partial charge in [-0.1, -0.05) is 49.0 Å². The van der Waals surface area contributed by atoms with E-state index in [1.165, 1.54) is 0 Å². The first-order valence-electron chi connectivity index (χ1n) is 11.9. The van der Waals surface area contributed by atoms with E-state index in [4.69, 9.17) is 9.47 Å². The second-order valence-electron chi connectivity index (χ2n) is 9.71. The minimum absolute atomic E-state index is 0.114. The van der Waals surface area contributed by atoms with E-state index in [1.807, 2.05) is 95.4 Å². The smallest absolute Gasteiger partial charge is 0.407 e. The first-order valence-corrected chi connectivity index (χ1v) is 11.9. The minimum Gasteiger partial charge on any atom is -0.488 e. The zero-order chi connectivity index (χ0) is 26.3. The summed E-state index contributed by atoms with van der Waals surface area (Å²) in [7, 11) is 0. The molecule has 0 unspecified atom stereocenters. The van der Waals surface area contributed by atoms with Crippen molar-refractivity contribution in [3.63, 3.8) is 0 Å². The van der Waals surface area contributed by atoms with E-state index in [2.05, 4.69) is 11.9 Å². The fourth-order valence-electron chi connectivity index (χ4n) is 3.49. The molecule has 1 aromatic heterocycles. The number of alkyl carbamates (subject to hydrolysis) is 1. The molecule has 0 aliphatic rings. The van der Waals surface area contributed by atoms with Crippen molar-refractivity contribution in [1.82, 2.24) is 9.88 Å². The van der Waals surface area contributed by atoms with Crippen LogP contribution < -0.4 is 10.9 Å². The minimum atomic E-state index is -0.587. The van der Waals surface area contributed by atoms with Crippen molar-refractivity contribution in [3.8, 4) is 5.69 Å². The van der Waals surface area contributed by atoms with Crippen molar-refractivity contribution in [3.05, 3.63) is 118 Å². The number of pyridine rings is 1. The van der Waals surface area contributed by atoms with Gasteiger partial charge in [0, 0.05) is 30.1 Å². The number of nitrogens with one attached hydrogen (secondary N) is 1. The van der Waals surface area contributed by atoms with Gasteiger partial charge in [-0.05, 0) is 75.1 Å². The highest BCUT2D eigenvalue weighted by Gasteiger charge is 2.16. The van der Waals surface area contributed by atoms with Crippen LogP contribution in [0.1, 0.15) is 43.0 Å².